The molecule has 0 spiro atoms. The molecule has 2 aliphatic rings. The quantitative estimate of drug-likeness (QED) is 0.405. The summed E-state index contributed by atoms with van der Waals surface area (Å²) >= 11 is 0. The number of nitrogens with zero attached hydrogens (tertiary/aromatic N) is 3. The largest absolute Gasteiger partial charge is 0.512 e. The molecule has 1 aromatic carbocycles. The summed E-state index contributed by atoms with van der Waals surface area (Å²) in [6.07, 6.45) is 6.39. The second-order valence-corrected chi connectivity index (χ2v) is 9.66. The van der Waals surface area contributed by atoms with Crippen LogP contribution in [-0.4, -0.2) is 32.6 Å². The Bertz CT molecular complexity index is 1210. The van der Waals surface area contributed by atoms with Gasteiger partial charge in [-0.3, -0.25) is 4.99 Å². The number of aromatic nitrogens is 2. The molecule has 3 aromatic rings. The third-order valence-corrected chi connectivity index (χ3v) is 6.22. The molecule has 1 saturated carbocycles. The number of phenols is 1. The van der Waals surface area contributed by atoms with Crippen molar-refractivity contribution in [3.63, 3.8) is 0 Å². The summed E-state index contributed by atoms with van der Waals surface area (Å²) in [5.74, 6) is 1.48. The number of ether oxygens (including phenoxy) is 2. The Kier molecular flexibility index (Phi) is 5.79. The topological polar surface area (TPSA) is 76.8 Å². The molecule has 1 N–H and O–H groups in total. The van der Waals surface area contributed by atoms with E-state index in [0.29, 0.717) is 28.6 Å². The number of rotatable bonds is 3. The molecule has 170 valence electrons. The van der Waals surface area contributed by atoms with Crippen molar-refractivity contribution in [3.8, 4) is 17.4 Å². The van der Waals surface area contributed by atoms with Crippen molar-refractivity contribution in [3.05, 3.63) is 53.9 Å². The van der Waals surface area contributed by atoms with Gasteiger partial charge in [-0.1, -0.05) is 31.7 Å². The number of phenolic OH excluding ortho intramolecular Hbond substituents is 1. The SMILES string of the molecule is Cc1cc(O)c2nc(Oc3[c-]c(C4=N[C@H]5CCC(C)(C)C[C@]5(C)O4)cnc3)ccc2c1.[Pt]. The van der Waals surface area contributed by atoms with E-state index in [4.69, 9.17) is 14.5 Å². The van der Waals surface area contributed by atoms with Crippen molar-refractivity contribution in [2.45, 2.75) is 58.6 Å². The van der Waals surface area contributed by atoms with Crippen LogP contribution in [0.1, 0.15) is 51.2 Å². The molecule has 0 amide bonds. The van der Waals surface area contributed by atoms with Crippen molar-refractivity contribution in [2.75, 3.05) is 0 Å². The van der Waals surface area contributed by atoms with Gasteiger partial charge in [-0.15, -0.1) is 0 Å². The van der Waals surface area contributed by atoms with Crippen LogP contribution in [0.2, 0.25) is 0 Å². The molecule has 0 unspecified atom stereocenters. The number of pyridine rings is 2. The zero-order chi connectivity index (χ0) is 21.8. The predicted molar refractivity (Wildman–Crippen MR) is 119 cm³/mol. The second kappa shape index (κ2) is 8.15. The van der Waals surface area contributed by atoms with Crippen molar-refractivity contribution in [1.82, 2.24) is 9.97 Å². The molecule has 1 aliphatic carbocycles. The van der Waals surface area contributed by atoms with E-state index in [9.17, 15) is 5.11 Å². The molecule has 3 heterocycles. The Morgan fingerprint density at radius 2 is 2.00 bits per heavy atom. The number of aromatic hydroxyl groups is 1. The molecular weight excluding hydrogens is 585 g/mol. The van der Waals surface area contributed by atoms with Gasteiger partial charge >= 0.3 is 0 Å². The Morgan fingerprint density at radius 3 is 2.81 bits per heavy atom. The average molecular weight is 612 g/mol. The number of benzene rings is 1. The molecule has 5 rings (SSSR count). The van der Waals surface area contributed by atoms with Crippen molar-refractivity contribution >= 4 is 16.8 Å². The molecular formula is C25H26N3O3Pt-. The molecule has 1 aliphatic heterocycles. The summed E-state index contributed by atoms with van der Waals surface area (Å²) in [6.45, 7) is 8.65. The molecule has 0 saturated heterocycles. The van der Waals surface area contributed by atoms with E-state index in [1.807, 2.05) is 19.1 Å². The smallest absolute Gasteiger partial charge is 0.217 e. The first-order chi connectivity index (χ1) is 14.7. The monoisotopic (exact) mass is 611 g/mol. The van der Waals surface area contributed by atoms with E-state index in [2.05, 4.69) is 36.8 Å². The number of hydrogen-bond donors (Lipinski definition) is 1. The van der Waals surface area contributed by atoms with E-state index in [1.165, 1.54) is 0 Å². The number of fused-ring (bicyclic) bond motifs is 2. The molecule has 2 aromatic heterocycles. The third-order valence-electron chi connectivity index (χ3n) is 6.22. The van der Waals surface area contributed by atoms with Crippen LogP contribution in [0, 0.1) is 18.4 Å². The molecule has 1 fully saturated rings. The third kappa shape index (κ3) is 4.25. The molecule has 0 bridgehead atoms. The fourth-order valence-corrected chi connectivity index (χ4v) is 4.86. The Balaban J connectivity index is 0.00000245. The van der Waals surface area contributed by atoms with Crippen LogP contribution in [0.3, 0.4) is 0 Å². The maximum Gasteiger partial charge on any atom is 0.217 e. The van der Waals surface area contributed by atoms with Gasteiger partial charge in [0.05, 0.1) is 11.8 Å². The Hall–Kier alpha value is -2.46. The first-order valence-corrected chi connectivity index (χ1v) is 10.6. The number of aryl methyl sites for hydroxylation is 1. The van der Waals surface area contributed by atoms with Crippen LogP contribution in [0.5, 0.6) is 17.4 Å². The van der Waals surface area contributed by atoms with E-state index in [-0.39, 0.29) is 43.9 Å². The van der Waals surface area contributed by atoms with Gasteiger partial charge in [-0.25, -0.2) is 4.98 Å². The maximum atomic E-state index is 10.2. The van der Waals surface area contributed by atoms with E-state index >= 15 is 0 Å². The first kappa shape index (κ1) is 22.7. The van der Waals surface area contributed by atoms with Gasteiger partial charge in [0.2, 0.25) is 5.88 Å². The number of hydrogen-bond acceptors (Lipinski definition) is 6. The Labute approximate surface area is 202 Å². The summed E-state index contributed by atoms with van der Waals surface area (Å²) in [7, 11) is 0. The van der Waals surface area contributed by atoms with Crippen molar-refractivity contribution in [2.24, 2.45) is 10.4 Å². The van der Waals surface area contributed by atoms with E-state index < -0.39 is 0 Å². The van der Waals surface area contributed by atoms with Gasteiger partial charge < -0.3 is 19.6 Å². The normalized spacial score (nSPS) is 23.6. The van der Waals surface area contributed by atoms with E-state index in [0.717, 1.165) is 30.2 Å². The van der Waals surface area contributed by atoms with Gasteiger partial charge in [0.1, 0.15) is 22.8 Å². The van der Waals surface area contributed by atoms with Crippen LogP contribution >= 0.6 is 0 Å². The first-order valence-electron chi connectivity index (χ1n) is 10.6. The summed E-state index contributed by atoms with van der Waals surface area (Å²) in [5, 5.41) is 11.1. The summed E-state index contributed by atoms with van der Waals surface area (Å²) in [4.78, 5) is 13.6. The zero-order valence-electron chi connectivity index (χ0n) is 18.6. The average Bonchev–Trinajstić information content (AvgIpc) is 3.04. The van der Waals surface area contributed by atoms with Crippen LogP contribution in [0.25, 0.3) is 10.9 Å². The van der Waals surface area contributed by atoms with Crippen LogP contribution in [-0.2, 0) is 25.8 Å². The second-order valence-electron chi connectivity index (χ2n) is 9.66. The van der Waals surface area contributed by atoms with E-state index in [1.54, 1.807) is 24.5 Å². The van der Waals surface area contributed by atoms with Crippen molar-refractivity contribution < 1.29 is 35.6 Å². The fraction of sp³-hybridized carbons (Fsp3) is 0.400. The van der Waals surface area contributed by atoms with Crippen LogP contribution in [0.15, 0.2) is 41.7 Å². The molecule has 7 heteroatoms. The Morgan fingerprint density at radius 1 is 1.19 bits per heavy atom. The number of aliphatic imine (C=N–C) groups is 1. The molecule has 2 atom stereocenters. The van der Waals surface area contributed by atoms with Gasteiger partial charge in [0.15, 0.2) is 0 Å². The summed E-state index contributed by atoms with van der Waals surface area (Å²) < 4.78 is 12.2. The van der Waals surface area contributed by atoms with Crippen LogP contribution < -0.4 is 4.74 Å². The summed E-state index contributed by atoms with van der Waals surface area (Å²) in [5.41, 5.74) is 2.09. The van der Waals surface area contributed by atoms with Crippen LogP contribution in [0.4, 0.5) is 0 Å². The minimum absolute atomic E-state index is 0. The van der Waals surface area contributed by atoms with Gasteiger partial charge in [-0.05, 0) is 68.5 Å². The standard InChI is InChI=1S/C25H26N3O3.Pt/c1-15-9-16-5-6-21(28-22(16)19(29)10-15)30-18-11-17(12-26-13-18)23-27-20-7-8-24(2,3)14-25(20,4)31-23;/h5-6,9-10,12-13,20,29H,7-8,14H2,1-4H3;/q-1;/t20-,25-;/m0./s1. The minimum atomic E-state index is -0.294. The predicted octanol–water partition coefficient (Wildman–Crippen LogP) is 5.35. The van der Waals surface area contributed by atoms with Gasteiger partial charge in [-0.2, -0.15) is 0 Å². The summed E-state index contributed by atoms with van der Waals surface area (Å²) in [6, 6.07) is 10.7. The zero-order valence-corrected chi connectivity index (χ0v) is 20.9. The molecule has 6 nitrogen and oxygen atoms in total. The van der Waals surface area contributed by atoms with Gasteiger partial charge in [0, 0.05) is 32.5 Å². The molecule has 32 heavy (non-hydrogen) atoms. The minimum Gasteiger partial charge on any atom is -0.512 e. The fourth-order valence-electron chi connectivity index (χ4n) is 4.86. The molecule has 0 radical (unpaired) electrons. The van der Waals surface area contributed by atoms with Crippen molar-refractivity contribution in [1.29, 1.82) is 0 Å². The van der Waals surface area contributed by atoms with Gasteiger partial charge in [0.25, 0.3) is 0 Å². The maximum absolute atomic E-state index is 10.2.